The van der Waals surface area contributed by atoms with Gasteiger partial charge in [0, 0.05) is 16.4 Å². The molecule has 3 heterocycles. The van der Waals surface area contributed by atoms with Crippen LogP contribution >= 0.6 is 15.9 Å². The summed E-state index contributed by atoms with van der Waals surface area (Å²) in [4.78, 5) is 21.3. The Bertz CT molecular complexity index is 998. The van der Waals surface area contributed by atoms with E-state index in [1.807, 2.05) is 31.2 Å². The maximum absolute atomic E-state index is 13.1. The Morgan fingerprint density at radius 1 is 1.31 bits per heavy atom. The second-order valence-electron chi connectivity index (χ2n) is 5.85. The number of anilines is 2. The molecule has 0 bridgehead atoms. The van der Waals surface area contributed by atoms with Gasteiger partial charge in [0.15, 0.2) is 0 Å². The van der Waals surface area contributed by atoms with Gasteiger partial charge < -0.3 is 10.6 Å². The van der Waals surface area contributed by atoms with Crippen molar-refractivity contribution in [1.82, 2.24) is 19.7 Å². The smallest absolute Gasteiger partial charge is 0.255 e. The average molecular weight is 411 g/mol. The van der Waals surface area contributed by atoms with Crippen molar-refractivity contribution in [1.29, 1.82) is 0 Å². The van der Waals surface area contributed by atoms with Crippen LogP contribution in [0.5, 0.6) is 0 Å². The third kappa shape index (κ3) is 2.99. The number of hydrogen-bond donors (Lipinski definition) is 2. The SMILES string of the molecule is CC1=C(C(=O)Nc2cccnc2)C(c2cccc(Br)c2)n2ncnc2N1. The van der Waals surface area contributed by atoms with Crippen molar-refractivity contribution in [2.45, 2.75) is 13.0 Å². The molecule has 1 amide bonds. The molecule has 0 saturated heterocycles. The molecule has 2 N–H and O–H groups in total. The van der Waals surface area contributed by atoms with Crippen molar-refractivity contribution in [3.63, 3.8) is 0 Å². The van der Waals surface area contributed by atoms with Crippen molar-refractivity contribution < 1.29 is 4.79 Å². The Hall–Kier alpha value is -3.00. The molecular weight excluding hydrogens is 396 g/mol. The average Bonchev–Trinajstić information content (AvgIpc) is 3.09. The largest absolute Gasteiger partial charge is 0.328 e. The van der Waals surface area contributed by atoms with E-state index in [1.165, 1.54) is 6.33 Å². The number of fused-ring (bicyclic) bond motifs is 1. The number of nitrogens with one attached hydrogen (secondary N) is 2. The number of rotatable bonds is 3. The number of allylic oxidation sites excluding steroid dienone is 1. The first-order chi connectivity index (χ1) is 12.6. The molecule has 1 atom stereocenters. The fraction of sp³-hybridized carbons (Fsp3) is 0.111. The van der Waals surface area contributed by atoms with Gasteiger partial charge in [0.2, 0.25) is 5.95 Å². The summed E-state index contributed by atoms with van der Waals surface area (Å²) in [6.07, 6.45) is 4.75. The fourth-order valence-electron chi connectivity index (χ4n) is 3.01. The standard InChI is InChI=1S/C18H15BrN6O/c1-11-15(17(26)24-14-6-3-7-20-9-14)16(12-4-2-5-13(19)8-12)25-18(23-11)21-10-22-25/h2-10,16H,1H3,(H,24,26)(H,21,22,23). The molecule has 0 fully saturated rings. The van der Waals surface area contributed by atoms with E-state index in [1.54, 1.807) is 29.2 Å². The van der Waals surface area contributed by atoms with Gasteiger partial charge in [-0.2, -0.15) is 10.1 Å². The highest BCUT2D eigenvalue weighted by molar-refractivity contribution is 9.10. The Balaban J connectivity index is 1.78. The Kier molecular flexibility index (Phi) is 4.26. The Morgan fingerprint density at radius 3 is 2.96 bits per heavy atom. The Morgan fingerprint density at radius 2 is 2.19 bits per heavy atom. The number of halogens is 1. The zero-order valence-corrected chi connectivity index (χ0v) is 15.4. The minimum atomic E-state index is -0.386. The van der Waals surface area contributed by atoms with Crippen LogP contribution < -0.4 is 10.6 Å². The van der Waals surface area contributed by atoms with Gasteiger partial charge >= 0.3 is 0 Å². The molecule has 8 heteroatoms. The number of carbonyl (C=O) groups is 1. The summed E-state index contributed by atoms with van der Waals surface area (Å²) >= 11 is 3.50. The molecule has 0 saturated carbocycles. The van der Waals surface area contributed by atoms with Crippen LogP contribution in [-0.2, 0) is 4.79 Å². The number of carbonyl (C=O) groups excluding carboxylic acids is 1. The van der Waals surface area contributed by atoms with Gasteiger partial charge in [-0.15, -0.1) is 0 Å². The molecule has 26 heavy (non-hydrogen) atoms. The second-order valence-corrected chi connectivity index (χ2v) is 6.76. The van der Waals surface area contributed by atoms with Gasteiger partial charge in [-0.1, -0.05) is 28.1 Å². The Labute approximate surface area is 158 Å². The van der Waals surface area contributed by atoms with Crippen LogP contribution in [0, 0.1) is 0 Å². The molecule has 2 aromatic heterocycles. The molecule has 1 aromatic carbocycles. The number of pyridine rings is 1. The maximum Gasteiger partial charge on any atom is 0.255 e. The number of benzene rings is 1. The van der Waals surface area contributed by atoms with Crippen molar-refractivity contribution in [3.8, 4) is 0 Å². The quantitative estimate of drug-likeness (QED) is 0.691. The lowest BCUT2D eigenvalue weighted by atomic mass is 9.95. The topological polar surface area (TPSA) is 84.7 Å². The van der Waals surface area contributed by atoms with E-state index in [0.29, 0.717) is 17.2 Å². The van der Waals surface area contributed by atoms with E-state index < -0.39 is 0 Å². The molecule has 130 valence electrons. The fourth-order valence-corrected chi connectivity index (χ4v) is 3.42. The van der Waals surface area contributed by atoms with Gasteiger partial charge in [0.05, 0.1) is 17.5 Å². The number of amides is 1. The van der Waals surface area contributed by atoms with E-state index in [-0.39, 0.29) is 11.9 Å². The summed E-state index contributed by atoms with van der Waals surface area (Å²) < 4.78 is 2.65. The van der Waals surface area contributed by atoms with E-state index >= 15 is 0 Å². The first-order valence-corrected chi connectivity index (χ1v) is 8.77. The van der Waals surface area contributed by atoms with E-state index in [4.69, 9.17) is 0 Å². The van der Waals surface area contributed by atoms with Crippen molar-refractivity contribution in [2.24, 2.45) is 0 Å². The minimum Gasteiger partial charge on any atom is -0.328 e. The van der Waals surface area contributed by atoms with Crippen LogP contribution in [0.3, 0.4) is 0 Å². The third-order valence-corrected chi connectivity index (χ3v) is 4.62. The molecular formula is C18H15BrN6O. The lowest BCUT2D eigenvalue weighted by Gasteiger charge is -2.28. The van der Waals surface area contributed by atoms with Crippen LogP contribution in [0.15, 0.2) is 70.9 Å². The predicted octanol–water partition coefficient (Wildman–Crippen LogP) is 3.36. The summed E-state index contributed by atoms with van der Waals surface area (Å²) in [7, 11) is 0. The van der Waals surface area contributed by atoms with Crippen LogP contribution in [-0.4, -0.2) is 25.7 Å². The first kappa shape index (κ1) is 16.5. The lowest BCUT2D eigenvalue weighted by molar-refractivity contribution is -0.113. The molecule has 1 aliphatic rings. The highest BCUT2D eigenvalue weighted by Crippen LogP contribution is 2.35. The van der Waals surface area contributed by atoms with Gasteiger partial charge in [-0.05, 0) is 36.8 Å². The summed E-state index contributed by atoms with van der Waals surface area (Å²) in [5.74, 6) is 0.388. The maximum atomic E-state index is 13.1. The van der Waals surface area contributed by atoms with Gasteiger partial charge in [0.25, 0.3) is 5.91 Å². The van der Waals surface area contributed by atoms with Gasteiger partial charge in [-0.25, -0.2) is 4.68 Å². The number of hydrogen-bond acceptors (Lipinski definition) is 5. The number of nitrogens with zero attached hydrogens (tertiary/aromatic N) is 4. The molecule has 3 aromatic rings. The van der Waals surface area contributed by atoms with Crippen LogP contribution in [0.4, 0.5) is 11.6 Å². The predicted molar refractivity (Wildman–Crippen MR) is 101 cm³/mol. The zero-order chi connectivity index (χ0) is 18.1. The molecule has 1 unspecified atom stereocenters. The molecule has 0 radical (unpaired) electrons. The normalized spacial score (nSPS) is 16.0. The summed E-state index contributed by atoms with van der Waals surface area (Å²) in [5, 5.41) is 10.4. The van der Waals surface area contributed by atoms with Crippen molar-refractivity contribution >= 4 is 33.5 Å². The summed E-state index contributed by atoms with van der Waals surface area (Å²) in [5.41, 5.74) is 2.88. The third-order valence-electron chi connectivity index (χ3n) is 4.12. The molecule has 7 nitrogen and oxygen atoms in total. The van der Waals surface area contributed by atoms with Crippen LogP contribution in [0.2, 0.25) is 0 Å². The van der Waals surface area contributed by atoms with Crippen LogP contribution in [0.1, 0.15) is 18.5 Å². The molecule has 0 spiro atoms. The second kappa shape index (κ2) is 6.72. The monoisotopic (exact) mass is 410 g/mol. The highest BCUT2D eigenvalue weighted by Gasteiger charge is 2.33. The van der Waals surface area contributed by atoms with E-state index in [0.717, 1.165) is 15.7 Å². The van der Waals surface area contributed by atoms with Crippen LogP contribution in [0.25, 0.3) is 0 Å². The minimum absolute atomic E-state index is 0.214. The zero-order valence-electron chi connectivity index (χ0n) is 13.8. The van der Waals surface area contributed by atoms with E-state index in [9.17, 15) is 4.79 Å². The lowest BCUT2D eigenvalue weighted by Crippen LogP contribution is -2.31. The molecule has 1 aliphatic heterocycles. The van der Waals surface area contributed by atoms with Crippen molar-refractivity contribution in [3.05, 3.63) is 76.4 Å². The summed E-state index contributed by atoms with van der Waals surface area (Å²) in [6, 6.07) is 11.0. The highest BCUT2D eigenvalue weighted by atomic mass is 79.9. The summed E-state index contributed by atoms with van der Waals surface area (Å²) in [6.45, 7) is 1.86. The van der Waals surface area contributed by atoms with Gasteiger partial charge in [0.1, 0.15) is 12.4 Å². The first-order valence-electron chi connectivity index (χ1n) is 7.97. The molecule has 4 rings (SSSR count). The molecule has 0 aliphatic carbocycles. The van der Waals surface area contributed by atoms with E-state index in [2.05, 4.69) is 41.6 Å². The number of aromatic nitrogens is 4. The van der Waals surface area contributed by atoms with Crippen molar-refractivity contribution in [2.75, 3.05) is 10.6 Å². The van der Waals surface area contributed by atoms with Gasteiger partial charge in [-0.3, -0.25) is 9.78 Å².